The molecule has 16 heavy (non-hydrogen) atoms. The van der Waals surface area contributed by atoms with E-state index >= 15 is 0 Å². The highest BCUT2D eigenvalue weighted by atomic mass is 15.0. The molecule has 0 aromatic carbocycles. The fourth-order valence-corrected chi connectivity index (χ4v) is 0.962. The van der Waals surface area contributed by atoms with Gasteiger partial charge in [-0.3, -0.25) is 5.41 Å². The quantitative estimate of drug-likeness (QED) is 0.319. The Morgan fingerprint density at radius 3 is 2.38 bits per heavy atom. The van der Waals surface area contributed by atoms with Crippen molar-refractivity contribution in [2.75, 3.05) is 0 Å². The monoisotopic (exact) mass is 221 g/mol. The van der Waals surface area contributed by atoms with E-state index in [4.69, 9.17) is 16.9 Å². The minimum absolute atomic E-state index is 0.134. The third kappa shape index (κ3) is 4.99. The number of allylic oxidation sites excluding steroid dienone is 2. The third-order valence-electron chi connectivity index (χ3n) is 1.58. The molecule has 88 valence electrons. The van der Waals surface area contributed by atoms with Gasteiger partial charge in [0.25, 0.3) is 0 Å². The second-order valence-corrected chi connectivity index (χ2v) is 3.40. The highest BCUT2D eigenvalue weighted by Crippen LogP contribution is 1.99. The van der Waals surface area contributed by atoms with Gasteiger partial charge in [0, 0.05) is 17.8 Å². The molecule has 0 aliphatic rings. The summed E-state index contributed by atoms with van der Waals surface area (Å²) in [6.07, 6.45) is 1.95. The Hall–Kier alpha value is -2.04. The smallest absolute Gasteiger partial charge is 0.151 e. The molecule has 0 radical (unpaired) electrons. The van der Waals surface area contributed by atoms with E-state index in [0.717, 1.165) is 0 Å². The number of rotatable bonds is 5. The Balaban J connectivity index is 4.96. The van der Waals surface area contributed by atoms with Crippen molar-refractivity contribution >= 4 is 11.7 Å². The van der Waals surface area contributed by atoms with E-state index in [9.17, 15) is 0 Å². The van der Waals surface area contributed by atoms with Crippen molar-refractivity contribution in [1.29, 1.82) is 5.41 Å². The zero-order valence-corrected chi connectivity index (χ0v) is 9.80. The Morgan fingerprint density at radius 1 is 1.44 bits per heavy atom. The van der Waals surface area contributed by atoms with Gasteiger partial charge < -0.3 is 16.8 Å². The lowest BCUT2D eigenvalue weighted by Crippen LogP contribution is -2.29. The molecule has 0 aliphatic carbocycles. The van der Waals surface area contributed by atoms with Crippen LogP contribution in [0.25, 0.3) is 0 Å². The van der Waals surface area contributed by atoms with Gasteiger partial charge in [0.05, 0.1) is 5.70 Å². The molecular formula is C11H19N5. The predicted octanol–water partition coefficient (Wildman–Crippen LogP) is 1.21. The number of aliphatic imine (C=N–C) groups is 1. The van der Waals surface area contributed by atoms with Gasteiger partial charge >= 0.3 is 0 Å². The van der Waals surface area contributed by atoms with Gasteiger partial charge in [-0.25, -0.2) is 4.99 Å². The Kier molecular flexibility index (Phi) is 5.62. The minimum Gasteiger partial charge on any atom is -0.400 e. The third-order valence-corrected chi connectivity index (χ3v) is 1.58. The molecule has 0 saturated carbocycles. The van der Waals surface area contributed by atoms with E-state index < -0.39 is 0 Å². The molecule has 5 heteroatoms. The molecule has 0 heterocycles. The maximum absolute atomic E-state index is 7.48. The average Bonchev–Trinajstić information content (AvgIpc) is 2.13. The van der Waals surface area contributed by atoms with Crippen LogP contribution in [0.5, 0.6) is 0 Å². The van der Waals surface area contributed by atoms with E-state index in [1.165, 1.54) is 0 Å². The first-order chi connectivity index (χ1) is 7.38. The number of nitrogens with zero attached hydrogens (tertiary/aromatic N) is 1. The lowest BCUT2D eigenvalue weighted by molar-refractivity contribution is 0.987. The summed E-state index contributed by atoms with van der Waals surface area (Å²) in [5.41, 5.74) is 13.1. The lowest BCUT2D eigenvalue weighted by Gasteiger charge is -2.11. The standard InChI is InChI=1S/C11H19N5/c1-5-6-9(13)16-11(14)10(8(4)12)15-7(2)3/h5,15H,1-2,6,12H2,3-4H3,(H3,13,14,16)/b10-8-. The van der Waals surface area contributed by atoms with Crippen LogP contribution in [0.15, 0.2) is 41.3 Å². The summed E-state index contributed by atoms with van der Waals surface area (Å²) in [6.45, 7) is 10.7. The van der Waals surface area contributed by atoms with Crippen LogP contribution in [0.1, 0.15) is 20.3 Å². The highest BCUT2D eigenvalue weighted by Gasteiger charge is 2.06. The Labute approximate surface area is 96.1 Å². The molecule has 0 amide bonds. The van der Waals surface area contributed by atoms with E-state index in [0.29, 0.717) is 23.5 Å². The first kappa shape index (κ1) is 14.0. The molecule has 6 N–H and O–H groups in total. The van der Waals surface area contributed by atoms with Crippen LogP contribution >= 0.6 is 0 Å². The fourth-order valence-electron chi connectivity index (χ4n) is 0.962. The Bertz CT molecular complexity index is 359. The van der Waals surface area contributed by atoms with E-state index in [1.807, 2.05) is 0 Å². The highest BCUT2D eigenvalue weighted by molar-refractivity contribution is 6.04. The normalized spacial score (nSPS) is 12.8. The van der Waals surface area contributed by atoms with Crippen LogP contribution in [-0.4, -0.2) is 11.7 Å². The van der Waals surface area contributed by atoms with Crippen molar-refractivity contribution in [2.24, 2.45) is 16.5 Å². The second-order valence-electron chi connectivity index (χ2n) is 3.40. The molecule has 0 saturated heterocycles. The second kappa shape index (κ2) is 6.44. The lowest BCUT2D eigenvalue weighted by atomic mass is 10.3. The molecule has 0 spiro atoms. The van der Waals surface area contributed by atoms with Crippen molar-refractivity contribution in [3.63, 3.8) is 0 Å². The van der Waals surface area contributed by atoms with Crippen molar-refractivity contribution in [3.8, 4) is 0 Å². The van der Waals surface area contributed by atoms with Crippen molar-refractivity contribution in [2.45, 2.75) is 20.3 Å². The zero-order chi connectivity index (χ0) is 12.7. The van der Waals surface area contributed by atoms with Crippen molar-refractivity contribution in [3.05, 3.63) is 36.3 Å². The van der Waals surface area contributed by atoms with Crippen LogP contribution < -0.4 is 16.8 Å². The van der Waals surface area contributed by atoms with Gasteiger partial charge in [-0.1, -0.05) is 12.7 Å². The van der Waals surface area contributed by atoms with Gasteiger partial charge in [0.2, 0.25) is 0 Å². The van der Waals surface area contributed by atoms with E-state index in [1.54, 1.807) is 19.9 Å². The molecule has 0 aliphatic heterocycles. The molecular weight excluding hydrogens is 202 g/mol. The first-order valence-corrected chi connectivity index (χ1v) is 4.80. The molecule has 0 aromatic heterocycles. The van der Waals surface area contributed by atoms with Crippen LogP contribution in [0, 0.1) is 5.41 Å². The summed E-state index contributed by atoms with van der Waals surface area (Å²) >= 11 is 0. The number of amidine groups is 2. The summed E-state index contributed by atoms with van der Waals surface area (Å²) in [5.74, 6) is 0.310. The molecule has 0 fully saturated rings. The first-order valence-electron chi connectivity index (χ1n) is 4.80. The SMILES string of the molecule is C=CCC(=N)N=C(N)/C(NC(=C)C)=C(\C)N. The summed E-state index contributed by atoms with van der Waals surface area (Å²) < 4.78 is 0. The molecule has 5 nitrogen and oxygen atoms in total. The molecule has 0 atom stereocenters. The topological polar surface area (TPSA) is 100 Å². The van der Waals surface area contributed by atoms with E-state index in [-0.39, 0.29) is 11.7 Å². The molecule has 0 unspecified atom stereocenters. The van der Waals surface area contributed by atoms with Gasteiger partial charge in [-0.2, -0.15) is 0 Å². The van der Waals surface area contributed by atoms with Crippen molar-refractivity contribution in [1.82, 2.24) is 5.32 Å². The number of hydrogen-bond acceptors (Lipinski definition) is 3. The van der Waals surface area contributed by atoms with Gasteiger partial charge in [-0.15, -0.1) is 6.58 Å². The number of hydrogen-bond donors (Lipinski definition) is 4. The maximum atomic E-state index is 7.48. The molecule has 0 bridgehead atoms. The van der Waals surface area contributed by atoms with Crippen LogP contribution in [0.2, 0.25) is 0 Å². The minimum atomic E-state index is 0.134. The summed E-state index contributed by atoms with van der Waals surface area (Å²) in [6, 6.07) is 0. The summed E-state index contributed by atoms with van der Waals surface area (Å²) in [5, 5.41) is 10.4. The largest absolute Gasteiger partial charge is 0.400 e. The number of nitrogens with two attached hydrogens (primary N) is 2. The summed E-state index contributed by atoms with van der Waals surface area (Å²) in [7, 11) is 0. The Morgan fingerprint density at radius 2 is 2.00 bits per heavy atom. The average molecular weight is 221 g/mol. The van der Waals surface area contributed by atoms with Crippen LogP contribution in [0.3, 0.4) is 0 Å². The summed E-state index contributed by atoms with van der Waals surface area (Å²) in [4.78, 5) is 3.91. The van der Waals surface area contributed by atoms with Crippen LogP contribution in [0.4, 0.5) is 0 Å². The molecule has 0 aromatic rings. The van der Waals surface area contributed by atoms with Crippen molar-refractivity contribution < 1.29 is 0 Å². The van der Waals surface area contributed by atoms with E-state index in [2.05, 4.69) is 23.5 Å². The van der Waals surface area contributed by atoms with Gasteiger partial charge in [0.15, 0.2) is 5.84 Å². The van der Waals surface area contributed by atoms with Crippen LogP contribution in [-0.2, 0) is 0 Å². The number of nitrogens with one attached hydrogen (secondary N) is 2. The predicted molar refractivity (Wildman–Crippen MR) is 69.0 cm³/mol. The zero-order valence-electron chi connectivity index (χ0n) is 9.80. The van der Waals surface area contributed by atoms with Gasteiger partial charge in [-0.05, 0) is 13.8 Å². The maximum Gasteiger partial charge on any atom is 0.151 e. The van der Waals surface area contributed by atoms with Gasteiger partial charge in [0.1, 0.15) is 5.84 Å². The fraction of sp³-hybridized carbons (Fsp3) is 0.273. The molecule has 0 rings (SSSR count).